The molecule has 2 heterocycles. The molecule has 1 aromatic heterocycles. The number of halogens is 5. The van der Waals surface area contributed by atoms with Gasteiger partial charge in [-0.3, -0.25) is 10.5 Å². The van der Waals surface area contributed by atoms with Crippen LogP contribution in [0.4, 0.5) is 29.1 Å². The van der Waals surface area contributed by atoms with Crippen LogP contribution in [-0.2, 0) is 24.3 Å². The second-order valence-corrected chi connectivity index (χ2v) is 9.62. The smallest absolute Gasteiger partial charge is 0.270 e. The summed E-state index contributed by atoms with van der Waals surface area (Å²) in [5, 5.41) is 13.9. The SMILES string of the molecule is N[C@](O)(Cc1ccc(F)c(F)c1)C(=O)N1CCn2c(nc(-c3ccc(F)cc3)c2Nc2ccc(Cl)c(F)c2)C1. The molecule has 0 unspecified atom stereocenters. The number of carbonyl (C=O) groups is 1. The van der Waals surface area contributed by atoms with Gasteiger partial charge in [-0.25, -0.2) is 22.5 Å². The minimum atomic E-state index is -2.39. The van der Waals surface area contributed by atoms with Crippen molar-refractivity contribution < 1.29 is 27.5 Å². The highest BCUT2D eigenvalue weighted by Crippen LogP contribution is 2.34. The van der Waals surface area contributed by atoms with E-state index in [0.29, 0.717) is 28.6 Å². The summed E-state index contributed by atoms with van der Waals surface area (Å²) in [4.78, 5) is 19.1. The van der Waals surface area contributed by atoms with E-state index in [2.05, 4.69) is 10.3 Å². The van der Waals surface area contributed by atoms with E-state index in [1.165, 1.54) is 35.2 Å². The molecular weight excluding hydrogens is 538 g/mol. The summed E-state index contributed by atoms with van der Waals surface area (Å²) >= 11 is 5.81. The molecule has 5 rings (SSSR count). The standard InChI is InChI=1S/C27H22ClF4N5O2/c28-19-7-6-18(12-21(19)31)34-25-24(16-2-4-17(29)5-3-16)35-23-14-36(9-10-37(23)25)26(38)27(33,39)13-15-1-8-20(30)22(32)11-15/h1-8,11-12,34,39H,9-10,13-14,33H2/t27-/m0/s1. The van der Waals surface area contributed by atoms with Gasteiger partial charge in [-0.15, -0.1) is 0 Å². The van der Waals surface area contributed by atoms with Crippen LogP contribution in [0, 0.1) is 23.3 Å². The van der Waals surface area contributed by atoms with Crippen molar-refractivity contribution in [2.75, 3.05) is 11.9 Å². The zero-order valence-corrected chi connectivity index (χ0v) is 21.0. The number of aromatic nitrogens is 2. The number of nitrogens with one attached hydrogen (secondary N) is 1. The second kappa shape index (κ2) is 10.3. The number of rotatable bonds is 6. The van der Waals surface area contributed by atoms with Crippen LogP contribution >= 0.6 is 11.6 Å². The van der Waals surface area contributed by atoms with Gasteiger partial charge in [0.1, 0.15) is 29.0 Å². The molecule has 1 aliphatic rings. The molecule has 202 valence electrons. The summed E-state index contributed by atoms with van der Waals surface area (Å²) in [5.74, 6) is -3.15. The highest BCUT2D eigenvalue weighted by Gasteiger charge is 2.38. The number of hydrogen-bond donors (Lipinski definition) is 3. The third-order valence-electron chi connectivity index (χ3n) is 6.39. The molecule has 4 aromatic rings. The maximum Gasteiger partial charge on any atom is 0.270 e. The first-order valence-electron chi connectivity index (χ1n) is 11.8. The van der Waals surface area contributed by atoms with Gasteiger partial charge >= 0.3 is 0 Å². The number of fused-ring (bicyclic) bond motifs is 1. The molecule has 12 heteroatoms. The Balaban J connectivity index is 1.44. The van der Waals surface area contributed by atoms with Crippen molar-refractivity contribution in [2.45, 2.75) is 25.2 Å². The Morgan fingerprint density at radius 1 is 1.00 bits per heavy atom. The molecule has 0 aliphatic carbocycles. The van der Waals surface area contributed by atoms with Crippen LogP contribution in [0.3, 0.4) is 0 Å². The Labute approximate surface area is 225 Å². The maximum absolute atomic E-state index is 14.1. The van der Waals surface area contributed by atoms with Crippen molar-refractivity contribution in [3.63, 3.8) is 0 Å². The summed E-state index contributed by atoms with van der Waals surface area (Å²) in [7, 11) is 0. The van der Waals surface area contributed by atoms with Crippen molar-refractivity contribution >= 4 is 29.0 Å². The number of nitrogens with zero attached hydrogens (tertiary/aromatic N) is 3. The lowest BCUT2D eigenvalue weighted by atomic mass is 10.0. The van der Waals surface area contributed by atoms with E-state index in [0.717, 1.165) is 12.1 Å². The third kappa shape index (κ3) is 5.47. The average Bonchev–Trinajstić information content (AvgIpc) is 3.25. The first-order chi connectivity index (χ1) is 18.5. The molecule has 4 N–H and O–H groups in total. The monoisotopic (exact) mass is 559 g/mol. The summed E-state index contributed by atoms with van der Waals surface area (Å²) in [5.41, 5.74) is 5.08. The fourth-order valence-electron chi connectivity index (χ4n) is 4.46. The predicted octanol–water partition coefficient (Wildman–Crippen LogP) is 4.74. The van der Waals surface area contributed by atoms with E-state index in [1.807, 2.05) is 0 Å². The van der Waals surface area contributed by atoms with Gasteiger partial charge in [0.2, 0.25) is 0 Å². The third-order valence-corrected chi connectivity index (χ3v) is 6.69. The molecule has 1 aliphatic heterocycles. The van der Waals surface area contributed by atoms with Crippen molar-refractivity contribution in [1.82, 2.24) is 14.5 Å². The largest absolute Gasteiger partial charge is 0.367 e. The minimum Gasteiger partial charge on any atom is -0.367 e. The topological polar surface area (TPSA) is 96.4 Å². The number of imidazole rings is 1. The maximum atomic E-state index is 14.1. The van der Waals surface area contributed by atoms with E-state index < -0.39 is 41.3 Å². The van der Waals surface area contributed by atoms with E-state index in [-0.39, 0.29) is 30.2 Å². The molecule has 1 amide bonds. The normalized spacial score (nSPS) is 14.6. The Kier molecular flexibility index (Phi) is 7.06. The number of nitrogens with two attached hydrogens (primary N) is 1. The highest BCUT2D eigenvalue weighted by molar-refractivity contribution is 6.30. The number of benzene rings is 3. The van der Waals surface area contributed by atoms with E-state index in [1.54, 1.807) is 22.8 Å². The van der Waals surface area contributed by atoms with E-state index >= 15 is 0 Å². The molecule has 0 saturated heterocycles. The van der Waals surface area contributed by atoms with E-state index in [4.69, 9.17) is 17.3 Å². The molecule has 0 fully saturated rings. The molecule has 0 bridgehead atoms. The molecule has 1 atom stereocenters. The zero-order valence-electron chi connectivity index (χ0n) is 20.3. The van der Waals surface area contributed by atoms with Gasteiger partial charge in [0.05, 0.1) is 11.6 Å². The van der Waals surface area contributed by atoms with Gasteiger partial charge in [-0.2, -0.15) is 0 Å². The Bertz CT molecular complexity index is 1560. The minimum absolute atomic E-state index is 0.0403. The predicted molar refractivity (Wildman–Crippen MR) is 137 cm³/mol. The summed E-state index contributed by atoms with van der Waals surface area (Å²) in [6.07, 6.45) is -0.441. The number of anilines is 2. The summed E-state index contributed by atoms with van der Waals surface area (Å²) in [6, 6.07) is 12.9. The molecule has 3 aromatic carbocycles. The highest BCUT2D eigenvalue weighted by atomic mass is 35.5. The average molecular weight is 560 g/mol. The van der Waals surface area contributed by atoms with Gasteiger partial charge in [0, 0.05) is 30.8 Å². The Morgan fingerprint density at radius 2 is 1.74 bits per heavy atom. The van der Waals surface area contributed by atoms with Crippen LogP contribution in [0.15, 0.2) is 60.7 Å². The Morgan fingerprint density at radius 3 is 2.44 bits per heavy atom. The van der Waals surface area contributed by atoms with Crippen molar-refractivity contribution in [3.8, 4) is 11.3 Å². The van der Waals surface area contributed by atoms with Gasteiger partial charge in [-0.1, -0.05) is 17.7 Å². The van der Waals surface area contributed by atoms with Gasteiger partial charge in [0.25, 0.3) is 5.91 Å². The lowest BCUT2D eigenvalue weighted by Gasteiger charge is -2.34. The fraction of sp³-hybridized carbons (Fsp3) is 0.185. The van der Waals surface area contributed by atoms with Crippen molar-refractivity contribution in [3.05, 3.63) is 100 Å². The molecule has 0 spiro atoms. The lowest BCUT2D eigenvalue weighted by Crippen LogP contribution is -2.58. The summed E-state index contributed by atoms with van der Waals surface area (Å²) in [6.45, 7) is 0.321. The zero-order chi connectivity index (χ0) is 27.9. The fourth-order valence-corrected chi connectivity index (χ4v) is 4.58. The van der Waals surface area contributed by atoms with Crippen molar-refractivity contribution in [1.29, 1.82) is 0 Å². The van der Waals surface area contributed by atoms with Crippen LogP contribution < -0.4 is 11.1 Å². The van der Waals surface area contributed by atoms with Gasteiger partial charge in [0.15, 0.2) is 17.4 Å². The molecule has 7 nitrogen and oxygen atoms in total. The van der Waals surface area contributed by atoms with Gasteiger partial charge < -0.3 is 19.9 Å². The number of carbonyl (C=O) groups excluding carboxylic acids is 1. The number of hydrogen-bond acceptors (Lipinski definition) is 5. The number of amides is 1. The number of aliphatic hydroxyl groups is 1. The van der Waals surface area contributed by atoms with E-state index in [9.17, 15) is 27.5 Å². The first-order valence-corrected chi connectivity index (χ1v) is 12.2. The summed E-state index contributed by atoms with van der Waals surface area (Å²) < 4.78 is 56.4. The molecule has 39 heavy (non-hydrogen) atoms. The van der Waals surface area contributed by atoms with Crippen LogP contribution in [0.5, 0.6) is 0 Å². The van der Waals surface area contributed by atoms with Gasteiger partial charge in [-0.05, 0) is 60.2 Å². The molecule has 0 radical (unpaired) electrons. The lowest BCUT2D eigenvalue weighted by molar-refractivity contribution is -0.152. The van der Waals surface area contributed by atoms with Crippen LogP contribution in [0.2, 0.25) is 5.02 Å². The van der Waals surface area contributed by atoms with Crippen molar-refractivity contribution in [2.24, 2.45) is 5.73 Å². The quantitative estimate of drug-likeness (QED) is 0.234. The van der Waals surface area contributed by atoms with Crippen LogP contribution in [0.25, 0.3) is 11.3 Å². The van der Waals surface area contributed by atoms with Crippen LogP contribution in [0.1, 0.15) is 11.4 Å². The molecular formula is C27H22ClF4N5O2. The second-order valence-electron chi connectivity index (χ2n) is 9.21. The van der Waals surface area contributed by atoms with Crippen LogP contribution in [-0.4, -0.2) is 37.7 Å². The Hall–Kier alpha value is -3.93. The molecule has 0 saturated carbocycles. The first kappa shape index (κ1) is 26.7.